The number of carbonyl (C=O) groups is 1. The molecule has 1 nitrogen and oxygen atoms in total. The molecule has 0 aliphatic rings. The summed E-state index contributed by atoms with van der Waals surface area (Å²) in [5.74, 6) is 0. The monoisotopic (exact) mass is 252 g/mol. The predicted molar refractivity (Wildman–Crippen MR) is 79.8 cm³/mol. The summed E-state index contributed by atoms with van der Waals surface area (Å²) in [6.07, 6.45) is 1.76. The van der Waals surface area contributed by atoms with Crippen LogP contribution in [-0.4, -0.2) is 6.29 Å². The van der Waals surface area contributed by atoms with Gasteiger partial charge >= 0.3 is 0 Å². The van der Waals surface area contributed by atoms with E-state index in [-0.39, 0.29) is 5.41 Å². The van der Waals surface area contributed by atoms with Crippen molar-refractivity contribution in [1.82, 2.24) is 0 Å². The average molecular weight is 252 g/mol. The first-order valence-electron chi connectivity index (χ1n) is 6.62. The molecule has 0 saturated carbocycles. The minimum absolute atomic E-state index is 0.167. The van der Waals surface area contributed by atoms with Gasteiger partial charge in [0.25, 0.3) is 0 Å². The third-order valence-corrected chi connectivity index (χ3v) is 3.29. The highest BCUT2D eigenvalue weighted by Gasteiger charge is 2.13. The first-order valence-corrected chi connectivity index (χ1v) is 6.62. The highest BCUT2D eigenvalue weighted by molar-refractivity contribution is 5.74. The molecule has 0 unspecified atom stereocenters. The molecule has 0 amide bonds. The lowest BCUT2D eigenvalue weighted by atomic mass is 9.85. The molecule has 0 atom stereocenters. The third-order valence-electron chi connectivity index (χ3n) is 3.29. The second kappa shape index (κ2) is 5.40. The van der Waals surface area contributed by atoms with Gasteiger partial charge < -0.3 is 0 Å². The molecule has 2 aromatic rings. The van der Waals surface area contributed by atoms with Crippen molar-refractivity contribution in [3.05, 3.63) is 70.8 Å². The van der Waals surface area contributed by atoms with E-state index in [1.54, 1.807) is 0 Å². The van der Waals surface area contributed by atoms with Crippen LogP contribution in [-0.2, 0) is 11.8 Å². The van der Waals surface area contributed by atoms with Crippen molar-refractivity contribution in [3.63, 3.8) is 0 Å². The Bertz CT molecular complexity index is 576. The van der Waals surface area contributed by atoms with Crippen molar-refractivity contribution in [1.29, 1.82) is 0 Å². The van der Waals surface area contributed by atoms with Crippen molar-refractivity contribution >= 4 is 6.29 Å². The number of rotatable bonds is 3. The fourth-order valence-corrected chi connectivity index (χ4v) is 2.16. The van der Waals surface area contributed by atoms with Gasteiger partial charge in [-0.05, 0) is 34.6 Å². The topological polar surface area (TPSA) is 17.1 Å². The molecule has 0 aromatic heterocycles. The van der Waals surface area contributed by atoms with Gasteiger partial charge in [-0.3, -0.25) is 4.79 Å². The average Bonchev–Trinajstić information content (AvgIpc) is 2.38. The van der Waals surface area contributed by atoms with Gasteiger partial charge in [0.15, 0.2) is 0 Å². The lowest BCUT2D eigenvalue weighted by Crippen LogP contribution is -2.11. The van der Waals surface area contributed by atoms with E-state index in [1.807, 2.05) is 18.2 Å². The molecular formula is C18H20O. The third kappa shape index (κ3) is 3.54. The van der Waals surface area contributed by atoms with Crippen molar-refractivity contribution in [2.75, 3.05) is 0 Å². The predicted octanol–water partition coefficient (Wildman–Crippen LogP) is 4.39. The molecule has 0 spiro atoms. The van der Waals surface area contributed by atoms with Gasteiger partial charge in [-0.15, -0.1) is 0 Å². The Kier molecular flexibility index (Phi) is 3.84. The summed E-state index contributed by atoms with van der Waals surface area (Å²) in [7, 11) is 0. The number of hydrogen-bond donors (Lipinski definition) is 0. The highest BCUT2D eigenvalue weighted by Crippen LogP contribution is 2.23. The lowest BCUT2D eigenvalue weighted by molar-refractivity contribution is 0.112. The van der Waals surface area contributed by atoms with Crippen molar-refractivity contribution in [3.8, 4) is 0 Å². The molecule has 0 bridgehead atoms. The summed E-state index contributed by atoms with van der Waals surface area (Å²) in [5, 5.41) is 0. The van der Waals surface area contributed by atoms with Gasteiger partial charge in [0.1, 0.15) is 6.29 Å². The smallest absolute Gasteiger partial charge is 0.150 e. The van der Waals surface area contributed by atoms with Gasteiger partial charge in [0.05, 0.1) is 0 Å². The van der Waals surface area contributed by atoms with Gasteiger partial charge in [-0.2, -0.15) is 0 Å². The van der Waals surface area contributed by atoms with Crippen LogP contribution in [0.15, 0.2) is 48.5 Å². The molecule has 0 heterocycles. The van der Waals surface area contributed by atoms with E-state index in [1.165, 1.54) is 16.7 Å². The van der Waals surface area contributed by atoms with Crippen molar-refractivity contribution in [2.45, 2.75) is 32.6 Å². The zero-order valence-corrected chi connectivity index (χ0v) is 11.8. The highest BCUT2D eigenvalue weighted by atomic mass is 16.1. The van der Waals surface area contributed by atoms with Crippen LogP contribution in [0.1, 0.15) is 47.8 Å². The van der Waals surface area contributed by atoms with E-state index in [0.29, 0.717) is 0 Å². The van der Waals surface area contributed by atoms with Crippen LogP contribution in [0.25, 0.3) is 0 Å². The Hall–Kier alpha value is -1.89. The van der Waals surface area contributed by atoms with Crippen LogP contribution in [0, 0.1) is 0 Å². The molecule has 19 heavy (non-hydrogen) atoms. The molecule has 0 N–H and O–H groups in total. The Labute approximate surface area is 115 Å². The van der Waals surface area contributed by atoms with E-state index < -0.39 is 0 Å². The number of benzene rings is 2. The number of aldehydes is 1. The quantitative estimate of drug-likeness (QED) is 0.740. The second-order valence-electron chi connectivity index (χ2n) is 5.99. The molecule has 1 heteroatoms. The maximum atomic E-state index is 10.8. The van der Waals surface area contributed by atoms with Crippen LogP contribution in [0.3, 0.4) is 0 Å². The minimum atomic E-state index is 0.167. The molecule has 98 valence electrons. The minimum Gasteiger partial charge on any atom is -0.298 e. The van der Waals surface area contributed by atoms with Gasteiger partial charge in [-0.25, -0.2) is 0 Å². The fourth-order valence-electron chi connectivity index (χ4n) is 2.16. The van der Waals surface area contributed by atoms with Crippen molar-refractivity contribution < 1.29 is 4.79 Å². The zero-order valence-electron chi connectivity index (χ0n) is 11.8. The molecule has 0 aliphatic heterocycles. The summed E-state index contributed by atoms with van der Waals surface area (Å²) in [5.41, 5.74) is 4.72. The first-order chi connectivity index (χ1) is 8.99. The molecule has 0 saturated heterocycles. The SMILES string of the molecule is CC(C)(C)c1cccc(Cc2cccc(C=O)c2)c1. The van der Waals surface area contributed by atoms with Crippen molar-refractivity contribution in [2.24, 2.45) is 0 Å². The standard InChI is InChI=1S/C18H20O/c1-18(2,3)17-9-5-7-15(12-17)10-14-6-4-8-16(11-14)13-19/h4-9,11-13H,10H2,1-3H3. The van der Waals surface area contributed by atoms with E-state index in [2.05, 4.69) is 51.1 Å². The Morgan fingerprint density at radius 3 is 2.21 bits per heavy atom. The van der Waals surface area contributed by atoms with E-state index in [9.17, 15) is 4.79 Å². The van der Waals surface area contributed by atoms with Crippen LogP contribution < -0.4 is 0 Å². The van der Waals surface area contributed by atoms with Crippen LogP contribution in [0.4, 0.5) is 0 Å². The number of carbonyl (C=O) groups excluding carboxylic acids is 1. The molecule has 2 aromatic carbocycles. The normalized spacial score (nSPS) is 11.3. The lowest BCUT2D eigenvalue weighted by Gasteiger charge is -2.19. The van der Waals surface area contributed by atoms with Gasteiger partial charge in [0, 0.05) is 5.56 Å². The summed E-state index contributed by atoms with van der Waals surface area (Å²) in [4.78, 5) is 10.8. The second-order valence-corrected chi connectivity index (χ2v) is 5.99. The van der Waals surface area contributed by atoms with E-state index in [0.717, 1.165) is 18.3 Å². The molecule has 0 aliphatic carbocycles. The first kappa shape index (κ1) is 13.5. The Morgan fingerprint density at radius 1 is 0.947 bits per heavy atom. The van der Waals surface area contributed by atoms with Crippen LogP contribution in [0.2, 0.25) is 0 Å². The Balaban J connectivity index is 2.25. The zero-order chi connectivity index (χ0) is 13.9. The fraction of sp³-hybridized carbons (Fsp3) is 0.278. The van der Waals surface area contributed by atoms with E-state index in [4.69, 9.17) is 0 Å². The van der Waals surface area contributed by atoms with Crippen LogP contribution in [0.5, 0.6) is 0 Å². The molecule has 2 rings (SSSR count). The largest absolute Gasteiger partial charge is 0.298 e. The summed E-state index contributed by atoms with van der Waals surface area (Å²) < 4.78 is 0. The van der Waals surface area contributed by atoms with Crippen LogP contribution >= 0.6 is 0 Å². The number of hydrogen-bond acceptors (Lipinski definition) is 1. The Morgan fingerprint density at radius 2 is 1.58 bits per heavy atom. The summed E-state index contributed by atoms with van der Waals surface area (Å²) >= 11 is 0. The van der Waals surface area contributed by atoms with Gasteiger partial charge in [0.2, 0.25) is 0 Å². The van der Waals surface area contributed by atoms with E-state index >= 15 is 0 Å². The summed E-state index contributed by atoms with van der Waals surface area (Å²) in [6.45, 7) is 6.66. The van der Waals surface area contributed by atoms with Gasteiger partial charge in [-0.1, -0.05) is 63.2 Å². The maximum absolute atomic E-state index is 10.8. The summed E-state index contributed by atoms with van der Waals surface area (Å²) in [6, 6.07) is 16.5. The molecular weight excluding hydrogens is 232 g/mol. The molecule has 0 radical (unpaired) electrons. The molecule has 0 fully saturated rings. The maximum Gasteiger partial charge on any atom is 0.150 e.